The molecule has 0 fully saturated rings. The van der Waals surface area contributed by atoms with Crippen molar-refractivity contribution < 1.29 is 23.1 Å². The molecule has 0 bridgehead atoms. The highest BCUT2D eigenvalue weighted by Gasteiger charge is 2.37. The molecule has 1 aromatic rings. The second-order valence-electron chi connectivity index (χ2n) is 4.56. The van der Waals surface area contributed by atoms with E-state index in [1.54, 1.807) is 24.3 Å². The van der Waals surface area contributed by atoms with Gasteiger partial charge in [0, 0.05) is 11.0 Å². The first kappa shape index (κ1) is 17.9. The third-order valence-corrected chi connectivity index (χ3v) is 3.47. The molecule has 2 unspecified atom stereocenters. The van der Waals surface area contributed by atoms with Crippen LogP contribution in [0.3, 0.4) is 0 Å². The number of aliphatic hydroxyl groups is 1. The first-order valence-electron chi connectivity index (χ1n) is 6.22. The summed E-state index contributed by atoms with van der Waals surface area (Å²) in [6.07, 6.45) is -6.82. The molecule has 1 amide bonds. The van der Waals surface area contributed by atoms with Crippen molar-refractivity contribution in [1.29, 1.82) is 0 Å². The van der Waals surface area contributed by atoms with E-state index in [0.717, 1.165) is 4.47 Å². The minimum absolute atomic E-state index is 0.136. The molecule has 0 saturated carbocycles. The zero-order valence-corrected chi connectivity index (χ0v) is 12.6. The van der Waals surface area contributed by atoms with Crippen LogP contribution in [-0.2, 0) is 4.79 Å². The van der Waals surface area contributed by atoms with Crippen LogP contribution in [0.5, 0.6) is 0 Å². The summed E-state index contributed by atoms with van der Waals surface area (Å²) in [5.74, 6) is -1.14. The number of nitrogens with one attached hydrogen (secondary N) is 1. The Hall–Kier alpha value is -1.12. The van der Waals surface area contributed by atoms with Gasteiger partial charge in [-0.25, -0.2) is 0 Å². The van der Waals surface area contributed by atoms with Crippen molar-refractivity contribution in [2.75, 3.05) is 13.1 Å². The first-order chi connectivity index (χ1) is 9.71. The number of halogens is 4. The van der Waals surface area contributed by atoms with Gasteiger partial charge in [0.1, 0.15) is 0 Å². The molecule has 0 spiro atoms. The van der Waals surface area contributed by atoms with Gasteiger partial charge in [-0.15, -0.1) is 0 Å². The van der Waals surface area contributed by atoms with E-state index in [1.807, 2.05) is 0 Å². The monoisotopic (exact) mass is 368 g/mol. The third-order valence-electron chi connectivity index (χ3n) is 2.94. The number of hydrogen-bond acceptors (Lipinski definition) is 3. The number of aliphatic hydroxyl groups excluding tert-OH is 1. The molecule has 0 aliphatic heterocycles. The minimum atomic E-state index is -4.65. The van der Waals surface area contributed by atoms with E-state index < -0.39 is 30.7 Å². The molecule has 1 rings (SSSR count). The predicted octanol–water partition coefficient (Wildman–Crippen LogP) is 1.92. The van der Waals surface area contributed by atoms with Gasteiger partial charge in [0.15, 0.2) is 6.10 Å². The molecule has 118 valence electrons. The van der Waals surface area contributed by atoms with E-state index in [4.69, 9.17) is 10.8 Å². The summed E-state index contributed by atoms with van der Waals surface area (Å²) >= 11 is 3.27. The Bertz CT molecular complexity index is 465. The van der Waals surface area contributed by atoms with Gasteiger partial charge in [-0.2, -0.15) is 13.2 Å². The van der Waals surface area contributed by atoms with Crippen molar-refractivity contribution in [1.82, 2.24) is 5.32 Å². The van der Waals surface area contributed by atoms with E-state index >= 15 is 0 Å². The molecule has 0 aromatic heterocycles. The third kappa shape index (κ3) is 6.03. The lowest BCUT2D eigenvalue weighted by Crippen LogP contribution is -2.39. The molecule has 4 N–H and O–H groups in total. The maximum atomic E-state index is 12.1. The van der Waals surface area contributed by atoms with Crippen molar-refractivity contribution in [3.63, 3.8) is 0 Å². The van der Waals surface area contributed by atoms with Crippen molar-refractivity contribution in [3.05, 3.63) is 34.3 Å². The van der Waals surface area contributed by atoms with Crippen molar-refractivity contribution >= 4 is 21.8 Å². The molecule has 0 heterocycles. The molecule has 0 aliphatic rings. The fourth-order valence-electron chi connectivity index (χ4n) is 1.77. The predicted molar refractivity (Wildman–Crippen MR) is 75.6 cm³/mol. The molecular formula is C13H16BrF3N2O2. The largest absolute Gasteiger partial charge is 0.415 e. The Morgan fingerprint density at radius 1 is 1.33 bits per heavy atom. The van der Waals surface area contributed by atoms with E-state index in [0.29, 0.717) is 5.56 Å². The van der Waals surface area contributed by atoms with Crippen LogP contribution < -0.4 is 11.1 Å². The van der Waals surface area contributed by atoms with Gasteiger partial charge in [0.2, 0.25) is 5.91 Å². The Morgan fingerprint density at radius 3 is 2.38 bits per heavy atom. The van der Waals surface area contributed by atoms with Gasteiger partial charge in [-0.3, -0.25) is 4.79 Å². The van der Waals surface area contributed by atoms with Crippen LogP contribution in [-0.4, -0.2) is 36.4 Å². The Kier molecular flexibility index (Phi) is 6.63. The molecular weight excluding hydrogens is 353 g/mol. The van der Waals surface area contributed by atoms with Crippen LogP contribution in [0.2, 0.25) is 0 Å². The molecule has 0 saturated heterocycles. The summed E-state index contributed by atoms with van der Waals surface area (Å²) in [4.78, 5) is 11.4. The van der Waals surface area contributed by atoms with E-state index in [2.05, 4.69) is 21.2 Å². The number of amides is 1. The maximum Gasteiger partial charge on any atom is 0.415 e. The number of nitrogens with two attached hydrogens (primary N) is 1. The highest BCUT2D eigenvalue weighted by molar-refractivity contribution is 9.10. The van der Waals surface area contributed by atoms with Crippen LogP contribution in [0.15, 0.2) is 28.7 Å². The van der Waals surface area contributed by atoms with Crippen molar-refractivity contribution in [3.8, 4) is 0 Å². The molecule has 0 aliphatic carbocycles. The van der Waals surface area contributed by atoms with Gasteiger partial charge in [0.05, 0.1) is 5.92 Å². The lowest BCUT2D eigenvalue weighted by molar-refractivity contribution is -0.201. The standard InChI is InChI=1S/C13H16BrF3N2O2/c14-9-3-1-8(2-4-9)10(12(18)21)5-6-19-7-11(20)13(15,16)17/h1-4,10-11,19-20H,5-7H2,(H2,18,21). The number of rotatable bonds is 7. The number of hydrogen-bond donors (Lipinski definition) is 3. The second kappa shape index (κ2) is 7.77. The SMILES string of the molecule is NC(=O)C(CCNCC(O)C(F)(F)F)c1ccc(Br)cc1. The summed E-state index contributed by atoms with van der Waals surface area (Å²) in [5, 5.41) is 11.3. The summed E-state index contributed by atoms with van der Waals surface area (Å²) in [5.41, 5.74) is 6.01. The molecule has 4 nitrogen and oxygen atoms in total. The van der Waals surface area contributed by atoms with Crippen LogP contribution in [0.1, 0.15) is 17.9 Å². The zero-order valence-electron chi connectivity index (χ0n) is 11.0. The van der Waals surface area contributed by atoms with Gasteiger partial charge >= 0.3 is 6.18 Å². The number of benzene rings is 1. The lowest BCUT2D eigenvalue weighted by Gasteiger charge is -2.17. The van der Waals surface area contributed by atoms with Crippen molar-refractivity contribution in [2.24, 2.45) is 5.73 Å². The minimum Gasteiger partial charge on any atom is -0.382 e. The highest BCUT2D eigenvalue weighted by Crippen LogP contribution is 2.22. The van der Waals surface area contributed by atoms with E-state index in [9.17, 15) is 18.0 Å². The van der Waals surface area contributed by atoms with Crippen molar-refractivity contribution in [2.45, 2.75) is 24.6 Å². The van der Waals surface area contributed by atoms with E-state index in [-0.39, 0.29) is 13.0 Å². The average Bonchev–Trinajstić information content (AvgIpc) is 2.38. The summed E-state index contributed by atoms with van der Waals surface area (Å²) in [6, 6.07) is 6.96. The number of carbonyl (C=O) groups excluding carboxylic acids is 1. The Morgan fingerprint density at radius 2 is 1.90 bits per heavy atom. The smallest absolute Gasteiger partial charge is 0.382 e. The number of carbonyl (C=O) groups is 1. The fourth-order valence-corrected chi connectivity index (χ4v) is 2.03. The molecule has 0 radical (unpaired) electrons. The molecule has 21 heavy (non-hydrogen) atoms. The Labute approximate surface area is 128 Å². The average molecular weight is 369 g/mol. The van der Waals surface area contributed by atoms with Crippen LogP contribution in [0, 0.1) is 0 Å². The van der Waals surface area contributed by atoms with Crippen LogP contribution in [0.25, 0.3) is 0 Å². The number of alkyl halides is 3. The Balaban J connectivity index is 2.50. The first-order valence-corrected chi connectivity index (χ1v) is 7.01. The number of primary amides is 1. The van der Waals surface area contributed by atoms with Crippen LogP contribution >= 0.6 is 15.9 Å². The molecule has 8 heteroatoms. The van der Waals surface area contributed by atoms with E-state index in [1.165, 1.54) is 0 Å². The lowest BCUT2D eigenvalue weighted by atomic mass is 9.95. The topological polar surface area (TPSA) is 75.4 Å². The van der Waals surface area contributed by atoms with Crippen LogP contribution in [0.4, 0.5) is 13.2 Å². The van der Waals surface area contributed by atoms with Gasteiger partial charge in [-0.1, -0.05) is 28.1 Å². The van der Waals surface area contributed by atoms with Gasteiger partial charge < -0.3 is 16.2 Å². The molecule has 1 aromatic carbocycles. The fraction of sp³-hybridized carbons (Fsp3) is 0.462. The van der Waals surface area contributed by atoms with Gasteiger partial charge in [0.25, 0.3) is 0 Å². The summed E-state index contributed by atoms with van der Waals surface area (Å²) < 4.78 is 37.1. The second-order valence-corrected chi connectivity index (χ2v) is 5.47. The summed E-state index contributed by atoms with van der Waals surface area (Å²) in [6.45, 7) is -0.480. The maximum absolute atomic E-state index is 12.1. The zero-order chi connectivity index (χ0) is 16.0. The summed E-state index contributed by atoms with van der Waals surface area (Å²) in [7, 11) is 0. The molecule has 2 atom stereocenters. The van der Waals surface area contributed by atoms with Gasteiger partial charge in [-0.05, 0) is 30.7 Å². The normalized spacial score (nSPS) is 14.7. The quantitative estimate of drug-likeness (QED) is 0.643. The highest BCUT2D eigenvalue weighted by atomic mass is 79.9.